The van der Waals surface area contributed by atoms with Crippen LogP contribution < -0.4 is 5.32 Å². The van der Waals surface area contributed by atoms with E-state index in [1.165, 1.54) is 10.5 Å². The topological polar surface area (TPSA) is 12.0 Å². The summed E-state index contributed by atoms with van der Waals surface area (Å²) in [6, 6.07) is 8.74. The quantitative estimate of drug-likeness (QED) is 0.825. The van der Waals surface area contributed by atoms with E-state index in [1.54, 1.807) is 0 Å². The van der Waals surface area contributed by atoms with Crippen LogP contribution in [0.4, 0.5) is 4.39 Å². The Hall–Kier alpha value is -0.540. The summed E-state index contributed by atoms with van der Waals surface area (Å²) in [6.45, 7) is 0.176. The zero-order valence-electron chi connectivity index (χ0n) is 8.00. The minimum absolute atomic E-state index is 0.286. The Morgan fingerprint density at radius 3 is 3.14 bits per heavy atom. The van der Waals surface area contributed by atoms with Crippen molar-refractivity contribution in [3.8, 4) is 0 Å². The Morgan fingerprint density at radius 1 is 1.43 bits per heavy atom. The van der Waals surface area contributed by atoms with Crippen LogP contribution in [-0.2, 0) is 0 Å². The normalized spacial score (nSPS) is 20.5. The standard InChI is InChI=1S/C11H14FNS/c12-6-7-13-10-5-8-14-11-4-2-1-3-9(10)11/h1-4,10,13H,5-8H2. The summed E-state index contributed by atoms with van der Waals surface area (Å²) in [5, 5.41) is 3.24. The van der Waals surface area contributed by atoms with Crippen LogP contribution in [0.2, 0.25) is 0 Å². The largest absolute Gasteiger partial charge is 0.307 e. The first-order valence-corrected chi connectivity index (χ1v) is 5.91. The van der Waals surface area contributed by atoms with Gasteiger partial charge in [0, 0.05) is 17.5 Å². The highest BCUT2D eigenvalue weighted by Crippen LogP contribution is 2.35. The van der Waals surface area contributed by atoms with Crippen LogP contribution in [0.3, 0.4) is 0 Å². The molecule has 1 aromatic rings. The van der Waals surface area contributed by atoms with Gasteiger partial charge in [0.25, 0.3) is 0 Å². The molecule has 1 aromatic carbocycles. The Morgan fingerprint density at radius 2 is 2.29 bits per heavy atom. The second-order valence-electron chi connectivity index (χ2n) is 3.37. The molecule has 0 saturated heterocycles. The molecule has 0 saturated carbocycles. The summed E-state index contributed by atoms with van der Waals surface area (Å²) in [7, 11) is 0. The molecule has 1 aliphatic rings. The lowest BCUT2D eigenvalue weighted by atomic mass is 10.0. The number of thioether (sulfide) groups is 1. The maximum Gasteiger partial charge on any atom is 0.102 e. The summed E-state index contributed by atoms with van der Waals surface area (Å²) in [4.78, 5) is 1.34. The number of rotatable bonds is 3. The Balaban J connectivity index is 2.14. The molecule has 1 N–H and O–H groups in total. The fraction of sp³-hybridized carbons (Fsp3) is 0.455. The predicted molar refractivity (Wildman–Crippen MR) is 58.5 cm³/mol. The van der Waals surface area contributed by atoms with Crippen molar-refractivity contribution in [1.29, 1.82) is 0 Å². The van der Waals surface area contributed by atoms with Crippen LogP contribution in [0.1, 0.15) is 18.0 Å². The maximum absolute atomic E-state index is 12.1. The average Bonchev–Trinajstić information content (AvgIpc) is 2.26. The highest BCUT2D eigenvalue weighted by molar-refractivity contribution is 7.99. The van der Waals surface area contributed by atoms with Gasteiger partial charge in [-0.1, -0.05) is 18.2 Å². The lowest BCUT2D eigenvalue weighted by molar-refractivity contribution is 0.426. The van der Waals surface area contributed by atoms with E-state index < -0.39 is 0 Å². The first-order chi connectivity index (χ1) is 6.92. The van der Waals surface area contributed by atoms with Gasteiger partial charge in [0.2, 0.25) is 0 Å². The van der Waals surface area contributed by atoms with Gasteiger partial charge in [-0.05, 0) is 23.8 Å². The van der Waals surface area contributed by atoms with Gasteiger partial charge in [0.15, 0.2) is 0 Å². The van der Waals surface area contributed by atoms with Gasteiger partial charge in [-0.15, -0.1) is 11.8 Å². The molecule has 0 amide bonds. The first kappa shape index (κ1) is 9.99. The lowest BCUT2D eigenvalue weighted by Crippen LogP contribution is -2.26. The fourth-order valence-electron chi connectivity index (χ4n) is 1.78. The van der Waals surface area contributed by atoms with Crippen LogP contribution in [0.25, 0.3) is 0 Å². The van der Waals surface area contributed by atoms with E-state index in [0.29, 0.717) is 12.6 Å². The summed E-state index contributed by atoms with van der Waals surface area (Å²) in [6.07, 6.45) is 1.10. The predicted octanol–water partition coefficient (Wildman–Crippen LogP) is 2.78. The SMILES string of the molecule is FCCNC1CCSc2ccccc21. The van der Waals surface area contributed by atoms with Crippen molar-refractivity contribution in [3.63, 3.8) is 0 Å². The number of hydrogen-bond acceptors (Lipinski definition) is 2. The number of halogens is 1. The third-order valence-corrected chi connectivity index (χ3v) is 3.57. The molecule has 0 bridgehead atoms. The number of hydrogen-bond donors (Lipinski definition) is 1. The van der Waals surface area contributed by atoms with Gasteiger partial charge in [-0.3, -0.25) is 0 Å². The summed E-state index contributed by atoms with van der Waals surface area (Å²) >= 11 is 1.89. The van der Waals surface area contributed by atoms with E-state index in [9.17, 15) is 4.39 Å². The van der Waals surface area contributed by atoms with Crippen molar-refractivity contribution in [2.75, 3.05) is 19.0 Å². The molecule has 1 heterocycles. The van der Waals surface area contributed by atoms with Gasteiger partial charge < -0.3 is 5.32 Å². The van der Waals surface area contributed by atoms with Crippen LogP contribution in [0, 0.1) is 0 Å². The van der Waals surface area contributed by atoms with Gasteiger partial charge >= 0.3 is 0 Å². The zero-order valence-corrected chi connectivity index (χ0v) is 8.82. The Kier molecular flexibility index (Phi) is 3.43. The smallest absolute Gasteiger partial charge is 0.102 e. The molecule has 0 fully saturated rings. The highest BCUT2D eigenvalue weighted by Gasteiger charge is 2.18. The van der Waals surface area contributed by atoms with Crippen molar-refractivity contribution < 1.29 is 4.39 Å². The average molecular weight is 211 g/mol. The highest BCUT2D eigenvalue weighted by atomic mass is 32.2. The summed E-state index contributed by atoms with van der Waals surface area (Å²) in [5.74, 6) is 1.13. The molecule has 1 unspecified atom stereocenters. The lowest BCUT2D eigenvalue weighted by Gasteiger charge is -2.25. The Labute approximate surface area is 88.1 Å². The van der Waals surface area contributed by atoms with E-state index in [1.807, 2.05) is 11.8 Å². The molecular weight excluding hydrogens is 197 g/mol. The van der Waals surface area contributed by atoms with Gasteiger partial charge in [-0.2, -0.15) is 0 Å². The molecule has 1 aliphatic heterocycles. The molecule has 0 aliphatic carbocycles. The molecule has 1 nitrogen and oxygen atoms in total. The summed E-state index contributed by atoms with van der Waals surface area (Å²) in [5.41, 5.74) is 1.33. The summed E-state index contributed by atoms with van der Waals surface area (Å²) < 4.78 is 12.1. The zero-order chi connectivity index (χ0) is 9.80. The molecule has 0 aromatic heterocycles. The molecule has 76 valence electrons. The van der Waals surface area contributed by atoms with E-state index in [2.05, 4.69) is 29.6 Å². The second-order valence-corrected chi connectivity index (χ2v) is 4.51. The second kappa shape index (κ2) is 4.80. The van der Waals surface area contributed by atoms with Crippen LogP contribution in [0.15, 0.2) is 29.2 Å². The van der Waals surface area contributed by atoms with Gasteiger partial charge in [-0.25, -0.2) is 4.39 Å². The maximum atomic E-state index is 12.1. The van der Waals surface area contributed by atoms with E-state index in [-0.39, 0.29) is 6.67 Å². The van der Waals surface area contributed by atoms with Crippen molar-refractivity contribution in [3.05, 3.63) is 29.8 Å². The molecule has 0 spiro atoms. The number of fused-ring (bicyclic) bond motifs is 1. The first-order valence-electron chi connectivity index (χ1n) is 4.93. The molecule has 0 radical (unpaired) electrons. The van der Waals surface area contributed by atoms with Crippen LogP contribution >= 0.6 is 11.8 Å². The minimum atomic E-state index is -0.286. The van der Waals surface area contributed by atoms with E-state index in [0.717, 1.165) is 12.2 Å². The third kappa shape index (κ3) is 2.10. The molecule has 2 rings (SSSR count). The van der Waals surface area contributed by atoms with Crippen molar-refractivity contribution in [1.82, 2.24) is 5.32 Å². The number of benzene rings is 1. The molecule has 3 heteroatoms. The number of nitrogens with one attached hydrogen (secondary N) is 1. The molecule has 14 heavy (non-hydrogen) atoms. The van der Waals surface area contributed by atoms with E-state index in [4.69, 9.17) is 0 Å². The van der Waals surface area contributed by atoms with Crippen molar-refractivity contribution in [2.24, 2.45) is 0 Å². The van der Waals surface area contributed by atoms with Crippen LogP contribution in [0.5, 0.6) is 0 Å². The number of alkyl halides is 1. The minimum Gasteiger partial charge on any atom is -0.307 e. The van der Waals surface area contributed by atoms with Gasteiger partial charge in [0.1, 0.15) is 6.67 Å². The Bertz CT molecular complexity index is 303. The van der Waals surface area contributed by atoms with E-state index >= 15 is 0 Å². The van der Waals surface area contributed by atoms with Gasteiger partial charge in [0.05, 0.1) is 0 Å². The monoisotopic (exact) mass is 211 g/mol. The van der Waals surface area contributed by atoms with Crippen LogP contribution in [-0.4, -0.2) is 19.0 Å². The van der Waals surface area contributed by atoms with Crippen molar-refractivity contribution >= 4 is 11.8 Å². The molecule has 1 atom stereocenters. The third-order valence-electron chi connectivity index (χ3n) is 2.44. The molecular formula is C11H14FNS. The fourth-order valence-corrected chi connectivity index (χ4v) is 2.91. The van der Waals surface area contributed by atoms with Crippen molar-refractivity contribution in [2.45, 2.75) is 17.4 Å².